The van der Waals surface area contributed by atoms with Gasteiger partial charge in [-0.3, -0.25) is 0 Å². The zero-order valence-electron chi connectivity index (χ0n) is 8.22. The molecule has 2 rings (SSSR count). The number of fused-ring (bicyclic) bond motifs is 1. The topological polar surface area (TPSA) is 12.0 Å². The molecule has 1 aromatic rings. The summed E-state index contributed by atoms with van der Waals surface area (Å²) in [7, 11) is 1.98. The van der Waals surface area contributed by atoms with Crippen LogP contribution in [0.15, 0.2) is 23.8 Å². The van der Waals surface area contributed by atoms with Crippen LogP contribution in [0.5, 0.6) is 0 Å². The molecule has 0 saturated carbocycles. The van der Waals surface area contributed by atoms with E-state index in [1.165, 1.54) is 22.3 Å². The van der Waals surface area contributed by atoms with Gasteiger partial charge >= 0.3 is 0 Å². The highest BCUT2D eigenvalue weighted by atomic mass is 14.8. The first-order valence-corrected chi connectivity index (χ1v) is 4.73. The van der Waals surface area contributed by atoms with Gasteiger partial charge in [0, 0.05) is 6.54 Å². The van der Waals surface area contributed by atoms with Crippen molar-refractivity contribution < 1.29 is 0 Å². The Labute approximate surface area is 79.5 Å². The van der Waals surface area contributed by atoms with Gasteiger partial charge in [0.2, 0.25) is 0 Å². The Hall–Kier alpha value is -1.08. The molecule has 1 aliphatic rings. The van der Waals surface area contributed by atoms with E-state index in [2.05, 4.69) is 36.5 Å². The van der Waals surface area contributed by atoms with Gasteiger partial charge in [0.05, 0.1) is 0 Å². The zero-order chi connectivity index (χ0) is 9.26. The van der Waals surface area contributed by atoms with Crippen molar-refractivity contribution in [2.75, 3.05) is 7.05 Å². The summed E-state index contributed by atoms with van der Waals surface area (Å²) < 4.78 is 0. The lowest BCUT2D eigenvalue weighted by Gasteiger charge is -2.03. The second kappa shape index (κ2) is 3.35. The third kappa shape index (κ3) is 1.65. The molecular formula is C12H15N. The van der Waals surface area contributed by atoms with Gasteiger partial charge in [0.15, 0.2) is 0 Å². The molecular weight excluding hydrogens is 158 g/mol. The van der Waals surface area contributed by atoms with Gasteiger partial charge in [-0.25, -0.2) is 0 Å². The van der Waals surface area contributed by atoms with Crippen LogP contribution in [0.2, 0.25) is 0 Å². The Kier molecular flexibility index (Phi) is 2.19. The van der Waals surface area contributed by atoms with Crippen molar-refractivity contribution in [3.63, 3.8) is 0 Å². The number of benzene rings is 1. The maximum Gasteiger partial charge on any atom is 0.0202 e. The van der Waals surface area contributed by atoms with E-state index < -0.39 is 0 Å². The highest BCUT2D eigenvalue weighted by Gasteiger charge is 2.08. The van der Waals surface area contributed by atoms with Crippen molar-refractivity contribution in [1.82, 2.24) is 5.32 Å². The van der Waals surface area contributed by atoms with Crippen LogP contribution in [0.25, 0.3) is 6.08 Å². The quantitative estimate of drug-likeness (QED) is 0.724. The second-order valence-electron chi connectivity index (χ2n) is 3.73. The van der Waals surface area contributed by atoms with Gasteiger partial charge in [-0.05, 0) is 37.1 Å². The normalized spacial score (nSPS) is 14.2. The van der Waals surface area contributed by atoms with E-state index in [1.807, 2.05) is 7.05 Å². The van der Waals surface area contributed by atoms with Crippen molar-refractivity contribution in [3.8, 4) is 0 Å². The molecule has 1 N–H and O–H groups in total. The van der Waals surface area contributed by atoms with Crippen molar-refractivity contribution >= 4 is 6.08 Å². The van der Waals surface area contributed by atoms with Crippen LogP contribution in [-0.4, -0.2) is 7.05 Å². The summed E-state index contributed by atoms with van der Waals surface area (Å²) in [5.41, 5.74) is 5.71. The molecule has 0 saturated heterocycles. The third-order valence-corrected chi connectivity index (χ3v) is 2.46. The second-order valence-corrected chi connectivity index (χ2v) is 3.73. The first kappa shape index (κ1) is 8.52. The smallest absolute Gasteiger partial charge is 0.0202 e. The molecule has 0 radical (unpaired) electrons. The van der Waals surface area contributed by atoms with E-state index in [4.69, 9.17) is 0 Å². The fourth-order valence-corrected chi connectivity index (χ4v) is 1.87. The summed E-state index contributed by atoms with van der Waals surface area (Å²) in [6.45, 7) is 3.15. The van der Waals surface area contributed by atoms with Gasteiger partial charge in [-0.15, -0.1) is 0 Å². The molecule has 1 nitrogen and oxygen atoms in total. The molecule has 68 valence electrons. The van der Waals surface area contributed by atoms with Gasteiger partial charge in [0.1, 0.15) is 0 Å². The van der Waals surface area contributed by atoms with Gasteiger partial charge in [0.25, 0.3) is 0 Å². The Morgan fingerprint density at radius 1 is 1.38 bits per heavy atom. The van der Waals surface area contributed by atoms with Crippen molar-refractivity contribution in [2.24, 2.45) is 0 Å². The average Bonchev–Trinajstić information content (AvgIpc) is 2.44. The molecule has 0 atom stereocenters. The van der Waals surface area contributed by atoms with Crippen molar-refractivity contribution in [1.29, 1.82) is 0 Å². The van der Waals surface area contributed by atoms with Crippen LogP contribution < -0.4 is 5.32 Å². The lowest BCUT2D eigenvalue weighted by molar-refractivity contribution is 0.817. The molecule has 0 fully saturated rings. The predicted octanol–water partition coefficient (Wildman–Crippen LogP) is 2.37. The van der Waals surface area contributed by atoms with E-state index in [0.29, 0.717) is 0 Å². The highest BCUT2D eigenvalue weighted by molar-refractivity contribution is 5.63. The maximum atomic E-state index is 3.17. The fourth-order valence-electron chi connectivity index (χ4n) is 1.87. The summed E-state index contributed by atoms with van der Waals surface area (Å²) in [6, 6.07) is 6.74. The first-order chi connectivity index (χ1) is 6.29. The molecule has 0 spiro atoms. The molecule has 1 aromatic carbocycles. The Morgan fingerprint density at radius 3 is 3.00 bits per heavy atom. The summed E-state index contributed by atoms with van der Waals surface area (Å²) >= 11 is 0. The fraction of sp³-hybridized carbons (Fsp3) is 0.333. The van der Waals surface area contributed by atoms with Crippen LogP contribution in [0.1, 0.15) is 23.6 Å². The molecule has 1 aliphatic carbocycles. The van der Waals surface area contributed by atoms with E-state index in [9.17, 15) is 0 Å². The summed E-state index contributed by atoms with van der Waals surface area (Å²) in [4.78, 5) is 0. The standard InChI is InChI=1S/C12H15N/c1-9-5-11-4-3-10(8-13-2)7-12(11)6-9/h3-4,6-7,13H,5,8H2,1-2H3. The number of hydrogen-bond donors (Lipinski definition) is 1. The molecule has 1 heteroatoms. The van der Waals surface area contributed by atoms with Crippen LogP contribution in [0.3, 0.4) is 0 Å². The average molecular weight is 173 g/mol. The summed E-state index contributed by atoms with van der Waals surface area (Å²) in [5.74, 6) is 0. The van der Waals surface area contributed by atoms with Crippen molar-refractivity contribution in [3.05, 3.63) is 40.5 Å². The minimum absolute atomic E-state index is 0.958. The van der Waals surface area contributed by atoms with E-state index in [1.54, 1.807) is 0 Å². The van der Waals surface area contributed by atoms with Crippen LogP contribution in [-0.2, 0) is 13.0 Å². The first-order valence-electron chi connectivity index (χ1n) is 4.73. The van der Waals surface area contributed by atoms with Gasteiger partial charge in [-0.2, -0.15) is 0 Å². The summed E-state index contributed by atoms with van der Waals surface area (Å²) in [5, 5.41) is 3.17. The Bertz CT molecular complexity index is 350. The van der Waals surface area contributed by atoms with Gasteiger partial charge in [-0.1, -0.05) is 29.8 Å². The Balaban J connectivity index is 2.32. The minimum atomic E-state index is 0.958. The molecule has 0 aliphatic heterocycles. The summed E-state index contributed by atoms with van der Waals surface area (Å²) in [6.07, 6.45) is 3.42. The van der Waals surface area contributed by atoms with E-state index in [-0.39, 0.29) is 0 Å². The van der Waals surface area contributed by atoms with Gasteiger partial charge < -0.3 is 5.32 Å². The van der Waals surface area contributed by atoms with E-state index in [0.717, 1.165) is 13.0 Å². The molecule has 13 heavy (non-hydrogen) atoms. The third-order valence-electron chi connectivity index (χ3n) is 2.46. The lowest BCUT2D eigenvalue weighted by Crippen LogP contribution is -2.05. The highest BCUT2D eigenvalue weighted by Crippen LogP contribution is 2.25. The van der Waals surface area contributed by atoms with E-state index >= 15 is 0 Å². The lowest BCUT2D eigenvalue weighted by atomic mass is 10.1. The van der Waals surface area contributed by atoms with Crippen LogP contribution in [0.4, 0.5) is 0 Å². The molecule has 0 aromatic heterocycles. The zero-order valence-corrected chi connectivity index (χ0v) is 8.22. The largest absolute Gasteiger partial charge is 0.316 e. The van der Waals surface area contributed by atoms with Crippen molar-refractivity contribution in [2.45, 2.75) is 19.9 Å². The molecule has 0 bridgehead atoms. The number of allylic oxidation sites excluding steroid dienone is 1. The van der Waals surface area contributed by atoms with Crippen LogP contribution >= 0.6 is 0 Å². The SMILES string of the molecule is CNCc1ccc2c(c1)C=C(C)C2. The van der Waals surface area contributed by atoms with Crippen LogP contribution in [0, 0.1) is 0 Å². The monoisotopic (exact) mass is 173 g/mol. The predicted molar refractivity (Wildman–Crippen MR) is 56.6 cm³/mol. The maximum absolute atomic E-state index is 3.17. The number of nitrogens with one attached hydrogen (secondary N) is 1. The molecule has 0 heterocycles. The molecule has 0 unspecified atom stereocenters. The molecule has 0 amide bonds. The number of hydrogen-bond acceptors (Lipinski definition) is 1. The number of rotatable bonds is 2. The minimum Gasteiger partial charge on any atom is -0.316 e. The Morgan fingerprint density at radius 2 is 2.23 bits per heavy atom.